The molecule has 0 radical (unpaired) electrons. The van der Waals surface area contributed by atoms with Crippen molar-refractivity contribution in [1.29, 1.82) is 0 Å². The fourth-order valence-electron chi connectivity index (χ4n) is 4.14. The molecule has 7 nitrogen and oxygen atoms in total. The quantitative estimate of drug-likeness (QED) is 0.366. The lowest BCUT2D eigenvalue weighted by atomic mass is 9.82. The summed E-state index contributed by atoms with van der Waals surface area (Å²) in [6.45, 7) is 0.219. The van der Waals surface area contributed by atoms with Crippen LogP contribution in [0.4, 0.5) is 0 Å². The number of methoxy groups -OCH3 is 3. The Morgan fingerprint density at radius 2 is 1.43 bits per heavy atom. The maximum Gasteiger partial charge on any atom is 0.224 e. The third-order valence-electron chi connectivity index (χ3n) is 6.10. The summed E-state index contributed by atoms with van der Waals surface area (Å²) >= 11 is 0. The van der Waals surface area contributed by atoms with Crippen LogP contribution in [-0.2, 0) is 24.2 Å². The van der Waals surface area contributed by atoms with Gasteiger partial charge in [-0.2, -0.15) is 0 Å². The third kappa shape index (κ3) is 6.90. The minimum atomic E-state index is -0.522. The van der Waals surface area contributed by atoms with Gasteiger partial charge in [0, 0.05) is 19.1 Å². The predicted molar refractivity (Wildman–Crippen MR) is 134 cm³/mol. The monoisotopic (exact) mass is 479 g/mol. The molecule has 0 aliphatic heterocycles. The van der Waals surface area contributed by atoms with E-state index in [0.717, 1.165) is 16.7 Å². The van der Waals surface area contributed by atoms with Gasteiger partial charge in [0.2, 0.25) is 5.91 Å². The zero-order valence-corrected chi connectivity index (χ0v) is 20.4. The first-order chi connectivity index (χ1) is 17.0. The van der Waals surface area contributed by atoms with Crippen LogP contribution in [0.15, 0.2) is 66.7 Å². The second-order valence-corrected chi connectivity index (χ2v) is 8.36. The molecule has 1 amide bonds. The number of aromatic hydroxyl groups is 1. The molecular formula is C28H33NO6. The first-order valence-corrected chi connectivity index (χ1v) is 11.5. The Morgan fingerprint density at radius 3 is 2.09 bits per heavy atom. The van der Waals surface area contributed by atoms with Crippen LogP contribution in [0.5, 0.6) is 23.0 Å². The van der Waals surface area contributed by atoms with Crippen molar-refractivity contribution in [2.45, 2.75) is 19.4 Å². The van der Waals surface area contributed by atoms with E-state index in [1.54, 1.807) is 32.4 Å². The molecule has 0 aliphatic carbocycles. The number of phenolic OH excluding ortho intramolecular Hbond substituents is 1. The highest BCUT2D eigenvalue weighted by Crippen LogP contribution is 2.32. The summed E-state index contributed by atoms with van der Waals surface area (Å²) in [6.07, 6.45) is 0.839. The second-order valence-electron chi connectivity index (χ2n) is 8.36. The van der Waals surface area contributed by atoms with Gasteiger partial charge >= 0.3 is 0 Å². The highest BCUT2D eigenvalue weighted by Gasteiger charge is 2.29. The molecule has 0 spiro atoms. The summed E-state index contributed by atoms with van der Waals surface area (Å²) < 4.78 is 16.0. The van der Waals surface area contributed by atoms with E-state index in [4.69, 9.17) is 14.2 Å². The van der Waals surface area contributed by atoms with Crippen LogP contribution in [-0.4, -0.2) is 44.1 Å². The molecule has 3 N–H and O–H groups in total. The number of ether oxygens (including phenoxy) is 3. The number of carbonyl (C=O) groups is 1. The molecule has 0 aromatic heterocycles. The third-order valence-corrected chi connectivity index (χ3v) is 6.10. The number of hydrogen-bond acceptors (Lipinski definition) is 6. The van der Waals surface area contributed by atoms with Gasteiger partial charge in [-0.05, 0) is 59.7 Å². The highest BCUT2D eigenvalue weighted by atomic mass is 16.5. The molecule has 3 aromatic carbocycles. The molecule has 0 aliphatic rings. The van der Waals surface area contributed by atoms with Crippen molar-refractivity contribution >= 4 is 5.91 Å². The summed E-state index contributed by atoms with van der Waals surface area (Å²) in [5.74, 6) is 0.548. The van der Waals surface area contributed by atoms with Crippen molar-refractivity contribution < 1.29 is 29.2 Å². The molecule has 3 aromatic rings. The summed E-state index contributed by atoms with van der Waals surface area (Å²) in [4.78, 5) is 13.4. The van der Waals surface area contributed by atoms with Crippen molar-refractivity contribution in [3.05, 3.63) is 83.4 Å². The number of amides is 1. The number of nitrogens with one attached hydrogen (secondary N) is 1. The van der Waals surface area contributed by atoms with E-state index in [0.29, 0.717) is 36.6 Å². The van der Waals surface area contributed by atoms with E-state index in [1.807, 2.05) is 48.5 Å². The lowest BCUT2D eigenvalue weighted by Crippen LogP contribution is -2.38. The number of aliphatic hydroxyl groups is 1. The standard InChI is InChI=1S/C28H33NO6/c1-33-25-12-10-20(16-27(25)35-3)13-22(18-30)23(14-21-9-11-24(31)26(15-21)34-2)28(32)29-17-19-7-5-4-6-8-19/h4-12,15-16,22-23,30-31H,13-14,17-18H2,1-3H3,(H,29,32)/t22-,23+/m0/s1. The zero-order chi connectivity index (χ0) is 25.2. The smallest absolute Gasteiger partial charge is 0.224 e. The van der Waals surface area contributed by atoms with Crippen molar-refractivity contribution in [1.82, 2.24) is 5.32 Å². The summed E-state index contributed by atoms with van der Waals surface area (Å²) in [7, 11) is 4.63. The molecule has 7 heteroatoms. The van der Waals surface area contributed by atoms with E-state index >= 15 is 0 Å². The lowest BCUT2D eigenvalue weighted by Gasteiger charge is -2.26. The predicted octanol–water partition coefficient (Wildman–Crippen LogP) is 3.74. The van der Waals surface area contributed by atoms with Gasteiger partial charge in [-0.25, -0.2) is 0 Å². The van der Waals surface area contributed by atoms with Crippen LogP contribution in [0.3, 0.4) is 0 Å². The van der Waals surface area contributed by atoms with Gasteiger partial charge in [-0.3, -0.25) is 4.79 Å². The van der Waals surface area contributed by atoms with Gasteiger partial charge in [0.25, 0.3) is 0 Å². The van der Waals surface area contributed by atoms with Crippen molar-refractivity contribution in [2.75, 3.05) is 27.9 Å². The molecule has 0 bridgehead atoms. The van der Waals surface area contributed by atoms with Gasteiger partial charge in [0.1, 0.15) is 0 Å². The topological polar surface area (TPSA) is 97.3 Å². The lowest BCUT2D eigenvalue weighted by molar-refractivity contribution is -0.127. The van der Waals surface area contributed by atoms with Crippen molar-refractivity contribution in [2.24, 2.45) is 11.8 Å². The summed E-state index contributed by atoms with van der Waals surface area (Å²) in [6, 6.07) is 20.3. The average Bonchev–Trinajstić information content (AvgIpc) is 2.90. The number of carbonyl (C=O) groups excluding carboxylic acids is 1. The Balaban J connectivity index is 1.86. The van der Waals surface area contributed by atoms with E-state index in [-0.39, 0.29) is 24.2 Å². The Labute approximate surface area is 206 Å². The molecule has 0 fully saturated rings. The molecule has 2 atom stereocenters. The Bertz CT molecular complexity index is 1100. The van der Waals surface area contributed by atoms with Gasteiger partial charge in [0.15, 0.2) is 23.0 Å². The molecular weight excluding hydrogens is 446 g/mol. The van der Waals surface area contributed by atoms with E-state index in [2.05, 4.69) is 5.32 Å². The first kappa shape index (κ1) is 25.9. The van der Waals surface area contributed by atoms with Gasteiger partial charge < -0.3 is 29.7 Å². The van der Waals surface area contributed by atoms with E-state index in [9.17, 15) is 15.0 Å². The molecule has 35 heavy (non-hydrogen) atoms. The normalized spacial score (nSPS) is 12.5. The number of rotatable bonds is 12. The average molecular weight is 480 g/mol. The molecule has 3 rings (SSSR count). The number of benzene rings is 3. The highest BCUT2D eigenvalue weighted by molar-refractivity contribution is 5.79. The van der Waals surface area contributed by atoms with Gasteiger partial charge in [-0.1, -0.05) is 42.5 Å². The van der Waals surface area contributed by atoms with Crippen LogP contribution in [0.25, 0.3) is 0 Å². The van der Waals surface area contributed by atoms with E-state index in [1.165, 1.54) is 7.11 Å². The summed E-state index contributed by atoms with van der Waals surface area (Å²) in [5, 5.41) is 23.3. The first-order valence-electron chi connectivity index (χ1n) is 11.5. The van der Waals surface area contributed by atoms with Crippen molar-refractivity contribution in [3.63, 3.8) is 0 Å². The second kappa shape index (κ2) is 12.7. The molecule has 186 valence electrons. The maximum absolute atomic E-state index is 13.4. The van der Waals surface area contributed by atoms with Crippen LogP contribution in [0, 0.1) is 11.8 Å². The Hall–Kier alpha value is -3.71. The number of hydrogen-bond donors (Lipinski definition) is 3. The molecule has 0 heterocycles. The molecule has 0 saturated carbocycles. The van der Waals surface area contributed by atoms with Gasteiger partial charge in [0.05, 0.1) is 21.3 Å². The van der Waals surface area contributed by atoms with Crippen LogP contribution < -0.4 is 19.5 Å². The molecule has 0 unspecified atom stereocenters. The maximum atomic E-state index is 13.4. The largest absolute Gasteiger partial charge is 0.504 e. The number of phenols is 1. The van der Waals surface area contributed by atoms with Gasteiger partial charge in [-0.15, -0.1) is 0 Å². The van der Waals surface area contributed by atoms with Crippen LogP contribution in [0.1, 0.15) is 16.7 Å². The van der Waals surface area contributed by atoms with Crippen LogP contribution >= 0.6 is 0 Å². The van der Waals surface area contributed by atoms with E-state index < -0.39 is 5.92 Å². The molecule has 0 saturated heterocycles. The van der Waals surface area contributed by atoms with Crippen LogP contribution in [0.2, 0.25) is 0 Å². The zero-order valence-electron chi connectivity index (χ0n) is 20.4. The fraction of sp³-hybridized carbons (Fsp3) is 0.321. The Kier molecular flexibility index (Phi) is 9.38. The minimum absolute atomic E-state index is 0.0327. The summed E-state index contributed by atoms with van der Waals surface area (Å²) in [5.41, 5.74) is 2.74. The van der Waals surface area contributed by atoms with Crippen molar-refractivity contribution in [3.8, 4) is 23.0 Å². The number of aliphatic hydroxyl groups excluding tert-OH is 1. The minimum Gasteiger partial charge on any atom is -0.504 e. The SMILES string of the molecule is COc1cc(C[C@@H](C(=O)NCc2ccccc2)[C@H](CO)Cc2ccc(OC)c(OC)c2)ccc1O. The fourth-order valence-corrected chi connectivity index (χ4v) is 4.14. The Morgan fingerprint density at radius 1 is 0.800 bits per heavy atom.